The molecule has 170 valence electrons. The fourth-order valence-corrected chi connectivity index (χ4v) is 3.98. The fourth-order valence-electron chi connectivity index (χ4n) is 3.98. The minimum Gasteiger partial charge on any atom is -0.492 e. The molecule has 1 fully saturated rings. The van der Waals surface area contributed by atoms with Crippen LogP contribution >= 0.6 is 0 Å². The van der Waals surface area contributed by atoms with Gasteiger partial charge in [0.2, 0.25) is 5.95 Å². The summed E-state index contributed by atoms with van der Waals surface area (Å²) < 4.78 is 8.85. The Morgan fingerprint density at radius 1 is 1.24 bits per heavy atom. The number of aromatic nitrogens is 6. The Labute approximate surface area is 188 Å². The molecule has 11 heteroatoms. The van der Waals surface area contributed by atoms with E-state index in [1.54, 1.807) is 10.9 Å². The van der Waals surface area contributed by atoms with Gasteiger partial charge in [-0.25, -0.2) is 14.5 Å². The van der Waals surface area contributed by atoms with E-state index in [0.29, 0.717) is 18.7 Å². The maximum Gasteiger partial charge on any atom is 0.338 e. The van der Waals surface area contributed by atoms with Crippen molar-refractivity contribution in [2.24, 2.45) is 0 Å². The van der Waals surface area contributed by atoms with Crippen molar-refractivity contribution in [3.63, 3.8) is 0 Å². The van der Waals surface area contributed by atoms with E-state index < -0.39 is 11.5 Å². The maximum atomic E-state index is 12.8. The average Bonchev–Trinajstić information content (AvgIpc) is 3.55. The molecule has 4 heterocycles. The molecule has 2 N–H and O–H groups in total. The molecule has 1 saturated heterocycles. The van der Waals surface area contributed by atoms with Crippen LogP contribution in [0.2, 0.25) is 0 Å². The van der Waals surface area contributed by atoms with Crippen LogP contribution in [0.1, 0.15) is 28.8 Å². The van der Waals surface area contributed by atoms with Crippen LogP contribution in [0, 0.1) is 0 Å². The Bertz CT molecular complexity index is 1350. The molecule has 0 spiro atoms. The Morgan fingerprint density at radius 3 is 2.88 bits per heavy atom. The van der Waals surface area contributed by atoms with Gasteiger partial charge in [-0.3, -0.25) is 14.7 Å². The molecule has 1 aliphatic rings. The van der Waals surface area contributed by atoms with E-state index in [4.69, 9.17) is 9.84 Å². The highest BCUT2D eigenvalue weighted by atomic mass is 16.5. The lowest BCUT2D eigenvalue weighted by Gasteiger charge is -2.15. The van der Waals surface area contributed by atoms with Gasteiger partial charge in [-0.15, -0.1) is 0 Å². The molecule has 0 saturated carbocycles. The largest absolute Gasteiger partial charge is 0.492 e. The minimum absolute atomic E-state index is 0.00851. The number of rotatable bonds is 8. The van der Waals surface area contributed by atoms with Gasteiger partial charge in [0.25, 0.3) is 5.56 Å². The van der Waals surface area contributed by atoms with E-state index in [0.717, 1.165) is 30.9 Å². The average molecular weight is 449 g/mol. The van der Waals surface area contributed by atoms with Crippen LogP contribution < -0.4 is 10.3 Å². The van der Waals surface area contributed by atoms with Crippen LogP contribution in [-0.4, -0.2) is 71.5 Å². The number of carbonyl (C=O) groups is 1. The van der Waals surface area contributed by atoms with E-state index in [2.05, 4.69) is 25.0 Å². The molecule has 3 aromatic heterocycles. The second kappa shape index (κ2) is 8.87. The summed E-state index contributed by atoms with van der Waals surface area (Å²) in [4.78, 5) is 37.5. The first kappa shape index (κ1) is 20.9. The molecule has 5 rings (SSSR count). The molecule has 11 nitrogen and oxygen atoms in total. The van der Waals surface area contributed by atoms with Gasteiger partial charge in [0.05, 0.1) is 18.1 Å². The zero-order valence-corrected chi connectivity index (χ0v) is 17.8. The van der Waals surface area contributed by atoms with Crippen molar-refractivity contribution < 1.29 is 14.6 Å². The number of aromatic amines is 1. The molecule has 0 unspecified atom stereocenters. The van der Waals surface area contributed by atoms with Gasteiger partial charge in [0.15, 0.2) is 11.2 Å². The summed E-state index contributed by atoms with van der Waals surface area (Å²) in [7, 11) is 0. The Hall–Kier alpha value is -3.99. The quantitative estimate of drug-likeness (QED) is 0.414. The third kappa shape index (κ3) is 4.48. The fraction of sp³-hybridized carbons (Fsp3) is 0.318. The first-order chi connectivity index (χ1) is 16.1. The molecule has 0 amide bonds. The van der Waals surface area contributed by atoms with Crippen LogP contribution in [-0.2, 0) is 6.54 Å². The van der Waals surface area contributed by atoms with E-state index in [1.165, 1.54) is 29.9 Å². The molecule has 33 heavy (non-hydrogen) atoms. The Kier molecular flexibility index (Phi) is 5.61. The highest BCUT2D eigenvalue weighted by molar-refractivity contribution is 5.86. The van der Waals surface area contributed by atoms with E-state index in [9.17, 15) is 9.59 Å². The highest BCUT2D eigenvalue weighted by Crippen LogP contribution is 2.17. The topological polar surface area (TPSA) is 131 Å². The minimum atomic E-state index is -1.11. The number of carboxylic acid groups (broad SMARTS) is 1. The van der Waals surface area contributed by atoms with Gasteiger partial charge < -0.3 is 14.4 Å². The highest BCUT2D eigenvalue weighted by Gasteiger charge is 2.15. The predicted octanol–water partition coefficient (Wildman–Crippen LogP) is 1.53. The normalized spacial score (nSPS) is 14.2. The standard InChI is InChI=1S/C22H23N7O4/c30-20-18-19(25-22(26-20)29-13-16(11-24-29)21(31)32)23-14-28(18)12-15-4-3-5-17(10-15)33-9-8-27-6-1-2-7-27/h3-5,10-11,13-14H,1-2,6-9,12H2,(H,31,32)(H,25,26,30). The summed E-state index contributed by atoms with van der Waals surface area (Å²) in [5.74, 6) is -0.229. The summed E-state index contributed by atoms with van der Waals surface area (Å²) in [5.41, 5.74) is 1.14. The third-order valence-electron chi connectivity index (χ3n) is 5.64. The maximum absolute atomic E-state index is 12.8. The number of H-pyrrole nitrogens is 1. The monoisotopic (exact) mass is 449 g/mol. The van der Waals surface area contributed by atoms with Crippen LogP contribution in [0.4, 0.5) is 0 Å². The van der Waals surface area contributed by atoms with Crippen molar-refractivity contribution in [3.8, 4) is 11.7 Å². The van der Waals surface area contributed by atoms with Crippen LogP contribution in [0.25, 0.3) is 17.1 Å². The molecule has 1 aliphatic heterocycles. The smallest absolute Gasteiger partial charge is 0.338 e. The van der Waals surface area contributed by atoms with Crippen LogP contribution in [0.3, 0.4) is 0 Å². The number of benzene rings is 1. The first-order valence-electron chi connectivity index (χ1n) is 10.7. The first-order valence-corrected chi connectivity index (χ1v) is 10.7. The molecule has 1 aromatic carbocycles. The summed E-state index contributed by atoms with van der Waals surface area (Å²) in [6.07, 6.45) is 6.54. The van der Waals surface area contributed by atoms with Crippen molar-refractivity contribution in [2.75, 3.05) is 26.2 Å². The Morgan fingerprint density at radius 2 is 2.09 bits per heavy atom. The lowest BCUT2D eigenvalue weighted by molar-refractivity contribution is 0.0697. The zero-order chi connectivity index (χ0) is 22.8. The van der Waals surface area contributed by atoms with Gasteiger partial charge in [0, 0.05) is 19.3 Å². The summed E-state index contributed by atoms with van der Waals surface area (Å²) in [6, 6.07) is 7.78. The zero-order valence-electron chi connectivity index (χ0n) is 17.8. The summed E-state index contributed by atoms with van der Waals surface area (Å²) in [6.45, 7) is 4.27. The number of hydrogen-bond donors (Lipinski definition) is 2. The summed E-state index contributed by atoms with van der Waals surface area (Å²) >= 11 is 0. The number of aromatic carboxylic acids is 1. The van der Waals surface area contributed by atoms with Gasteiger partial charge in [-0.1, -0.05) is 12.1 Å². The number of nitrogens with zero attached hydrogens (tertiary/aromatic N) is 6. The van der Waals surface area contributed by atoms with Crippen molar-refractivity contribution in [2.45, 2.75) is 19.4 Å². The molecule has 0 atom stereocenters. The lowest BCUT2D eigenvalue weighted by atomic mass is 10.2. The van der Waals surface area contributed by atoms with E-state index in [1.807, 2.05) is 24.3 Å². The SMILES string of the molecule is O=C(O)c1cnn(-c2nc3ncn(Cc4cccc(OCCN5CCCC5)c4)c3c(=O)[nH]2)c1. The van der Waals surface area contributed by atoms with Crippen molar-refractivity contribution >= 4 is 17.1 Å². The number of imidazole rings is 1. The second-order valence-corrected chi connectivity index (χ2v) is 7.96. The number of nitrogens with one attached hydrogen (secondary N) is 1. The van der Waals surface area contributed by atoms with Gasteiger partial charge in [-0.2, -0.15) is 10.1 Å². The predicted molar refractivity (Wildman–Crippen MR) is 119 cm³/mol. The molecule has 4 aromatic rings. The molecular weight excluding hydrogens is 426 g/mol. The van der Waals surface area contributed by atoms with Gasteiger partial charge in [-0.05, 0) is 43.6 Å². The van der Waals surface area contributed by atoms with Crippen LogP contribution in [0.5, 0.6) is 5.75 Å². The van der Waals surface area contributed by atoms with Crippen molar-refractivity contribution in [1.29, 1.82) is 0 Å². The summed E-state index contributed by atoms with van der Waals surface area (Å²) in [5, 5.41) is 13.0. The Balaban J connectivity index is 1.33. The lowest BCUT2D eigenvalue weighted by Crippen LogP contribution is -2.25. The number of fused-ring (bicyclic) bond motifs is 1. The van der Waals surface area contributed by atoms with Crippen LogP contribution in [0.15, 0.2) is 47.8 Å². The molecule has 0 bridgehead atoms. The number of ether oxygens (including phenoxy) is 1. The molecule has 0 aliphatic carbocycles. The van der Waals surface area contributed by atoms with E-state index >= 15 is 0 Å². The van der Waals surface area contributed by atoms with Crippen molar-refractivity contribution in [1.82, 2.24) is 34.2 Å². The number of likely N-dealkylation sites (tertiary alicyclic amines) is 1. The molecule has 0 radical (unpaired) electrons. The number of carboxylic acids is 1. The van der Waals surface area contributed by atoms with Gasteiger partial charge in [0.1, 0.15) is 12.4 Å². The third-order valence-corrected chi connectivity index (χ3v) is 5.64. The number of hydrogen-bond acceptors (Lipinski definition) is 7. The van der Waals surface area contributed by atoms with Crippen molar-refractivity contribution in [3.05, 3.63) is 64.5 Å². The van der Waals surface area contributed by atoms with E-state index in [-0.39, 0.29) is 17.2 Å². The molecular formula is C22H23N7O4. The van der Waals surface area contributed by atoms with Gasteiger partial charge >= 0.3 is 5.97 Å². The second-order valence-electron chi connectivity index (χ2n) is 7.96.